The molecule has 30 heavy (non-hydrogen) atoms. The molecule has 3 N–H and O–H groups in total. The van der Waals surface area contributed by atoms with E-state index in [1.165, 1.54) is 0 Å². The second-order valence-corrected chi connectivity index (χ2v) is 7.15. The van der Waals surface area contributed by atoms with E-state index in [1.807, 2.05) is 6.07 Å². The summed E-state index contributed by atoms with van der Waals surface area (Å²) in [6.45, 7) is -0.678. The molecule has 0 unspecified atom stereocenters. The average Bonchev–Trinajstić information content (AvgIpc) is 2.73. The monoisotopic (exact) mass is 540 g/mol. The van der Waals surface area contributed by atoms with E-state index in [0.29, 0.717) is 12.2 Å². The Kier molecular flexibility index (Phi) is 8.29. The molecule has 0 saturated heterocycles. The van der Waals surface area contributed by atoms with Crippen LogP contribution in [-0.2, 0) is 16.1 Å². The van der Waals surface area contributed by atoms with Crippen molar-refractivity contribution in [2.24, 2.45) is 0 Å². The fraction of sp³-hybridized carbons (Fsp3) is 0.158. The number of aliphatic hydroxyl groups is 1. The summed E-state index contributed by atoms with van der Waals surface area (Å²) < 4.78 is 67.5. The quantitative estimate of drug-likeness (QED) is 0.166. The molecule has 2 amide bonds. The Labute approximate surface area is 181 Å². The van der Waals surface area contributed by atoms with E-state index in [4.69, 9.17) is 0 Å². The van der Waals surface area contributed by atoms with Gasteiger partial charge in [0.1, 0.15) is 6.04 Å². The summed E-state index contributed by atoms with van der Waals surface area (Å²) in [5, 5.41) is 13.9. The highest BCUT2D eigenvalue weighted by Crippen LogP contribution is 2.23. The van der Waals surface area contributed by atoms with E-state index in [0.717, 1.165) is 9.13 Å². The molecule has 2 aromatic carbocycles. The topological polar surface area (TPSA) is 78.4 Å². The van der Waals surface area contributed by atoms with Crippen LogP contribution in [0.15, 0.2) is 30.3 Å². The minimum absolute atomic E-state index is 0.114. The maximum atomic E-state index is 13.6. The standard InChI is InChI=1S/C19H14F5IN2O3/c20-14-11(15(21)17(23)18(24)16(14)22)4-5-13(29)27-12(8-28)19(30)26-7-9-2-1-3-10(25)6-9/h1-6,12,28H,7-8H2,(H,26,30)(H,27,29)/t12-/m0/s1. The van der Waals surface area contributed by atoms with E-state index in [9.17, 15) is 36.6 Å². The second-order valence-electron chi connectivity index (χ2n) is 5.91. The number of hydrogen-bond donors (Lipinski definition) is 3. The lowest BCUT2D eigenvalue weighted by atomic mass is 10.1. The number of benzene rings is 2. The largest absolute Gasteiger partial charge is 0.394 e. The van der Waals surface area contributed by atoms with Crippen LogP contribution < -0.4 is 10.6 Å². The number of aliphatic hydroxyl groups excluding tert-OH is 1. The van der Waals surface area contributed by atoms with Crippen molar-refractivity contribution in [3.63, 3.8) is 0 Å². The smallest absolute Gasteiger partial charge is 0.245 e. The summed E-state index contributed by atoms with van der Waals surface area (Å²) in [7, 11) is 0. The maximum absolute atomic E-state index is 13.6. The third-order valence-electron chi connectivity index (χ3n) is 3.82. The van der Waals surface area contributed by atoms with Crippen LogP contribution in [0.4, 0.5) is 22.0 Å². The molecule has 0 heterocycles. The third kappa shape index (κ3) is 5.75. The average molecular weight is 540 g/mol. The zero-order chi connectivity index (χ0) is 22.4. The molecular weight excluding hydrogens is 526 g/mol. The molecule has 2 rings (SSSR count). The number of carbonyl (C=O) groups excluding carboxylic acids is 2. The normalized spacial score (nSPS) is 12.1. The van der Waals surface area contributed by atoms with Crippen LogP contribution in [0.25, 0.3) is 6.08 Å². The fourth-order valence-corrected chi connectivity index (χ4v) is 2.91. The summed E-state index contributed by atoms with van der Waals surface area (Å²) in [5.41, 5.74) is -0.547. The lowest BCUT2D eigenvalue weighted by molar-refractivity contribution is -0.128. The lowest BCUT2D eigenvalue weighted by Crippen LogP contribution is -2.48. The molecule has 0 spiro atoms. The molecule has 0 aliphatic rings. The van der Waals surface area contributed by atoms with E-state index in [1.54, 1.807) is 18.2 Å². The zero-order valence-electron chi connectivity index (χ0n) is 15.0. The molecule has 0 aromatic heterocycles. The van der Waals surface area contributed by atoms with Crippen LogP contribution in [0.3, 0.4) is 0 Å². The van der Waals surface area contributed by atoms with Gasteiger partial charge >= 0.3 is 0 Å². The number of halogens is 6. The first kappa shape index (κ1) is 23.7. The van der Waals surface area contributed by atoms with Crippen molar-refractivity contribution in [1.82, 2.24) is 10.6 Å². The molecular formula is C19H14F5IN2O3. The summed E-state index contributed by atoms with van der Waals surface area (Å²) in [6.07, 6.45) is 0.859. The second kappa shape index (κ2) is 10.5. The van der Waals surface area contributed by atoms with Crippen LogP contribution in [0.1, 0.15) is 11.1 Å². The van der Waals surface area contributed by atoms with Crippen molar-refractivity contribution in [2.45, 2.75) is 12.6 Å². The fourth-order valence-electron chi connectivity index (χ4n) is 2.30. The van der Waals surface area contributed by atoms with E-state index in [2.05, 4.69) is 33.2 Å². The third-order valence-corrected chi connectivity index (χ3v) is 4.49. The van der Waals surface area contributed by atoms with Gasteiger partial charge in [0.2, 0.25) is 17.6 Å². The maximum Gasteiger partial charge on any atom is 0.245 e. The molecule has 2 aromatic rings. The van der Waals surface area contributed by atoms with Gasteiger partial charge in [-0.2, -0.15) is 0 Å². The number of carbonyl (C=O) groups is 2. The van der Waals surface area contributed by atoms with Gasteiger partial charge in [0.05, 0.1) is 12.2 Å². The van der Waals surface area contributed by atoms with Gasteiger partial charge in [0.15, 0.2) is 23.3 Å². The van der Waals surface area contributed by atoms with Crippen molar-refractivity contribution in [3.8, 4) is 0 Å². The molecule has 0 saturated carbocycles. The minimum Gasteiger partial charge on any atom is -0.394 e. The molecule has 5 nitrogen and oxygen atoms in total. The van der Waals surface area contributed by atoms with Gasteiger partial charge < -0.3 is 15.7 Å². The predicted octanol–water partition coefficient (Wildman–Crippen LogP) is 2.79. The zero-order valence-corrected chi connectivity index (χ0v) is 17.1. The summed E-state index contributed by atoms with van der Waals surface area (Å²) in [5.74, 6) is -12.7. The van der Waals surface area contributed by atoms with Crippen molar-refractivity contribution < 1.29 is 36.6 Å². The Morgan fingerprint density at radius 1 is 1.03 bits per heavy atom. The number of amides is 2. The molecule has 160 valence electrons. The highest BCUT2D eigenvalue weighted by atomic mass is 127. The van der Waals surface area contributed by atoms with Gasteiger partial charge in [-0.25, -0.2) is 22.0 Å². The first-order chi connectivity index (χ1) is 14.1. The molecule has 0 aliphatic heterocycles. The van der Waals surface area contributed by atoms with Crippen molar-refractivity contribution >= 4 is 40.5 Å². The van der Waals surface area contributed by atoms with Crippen molar-refractivity contribution in [2.75, 3.05) is 6.61 Å². The van der Waals surface area contributed by atoms with Crippen LogP contribution in [0, 0.1) is 32.7 Å². The first-order valence-electron chi connectivity index (χ1n) is 8.28. The van der Waals surface area contributed by atoms with E-state index >= 15 is 0 Å². The Morgan fingerprint density at radius 2 is 1.63 bits per heavy atom. The Balaban J connectivity index is 2.04. The van der Waals surface area contributed by atoms with Gasteiger partial charge in [-0.3, -0.25) is 9.59 Å². The van der Waals surface area contributed by atoms with Gasteiger partial charge in [-0.15, -0.1) is 0 Å². The molecule has 0 fully saturated rings. The van der Waals surface area contributed by atoms with Crippen LogP contribution in [0.2, 0.25) is 0 Å². The van der Waals surface area contributed by atoms with Crippen LogP contribution in [-0.4, -0.2) is 29.6 Å². The SMILES string of the molecule is O=C(C=Cc1c(F)c(F)c(F)c(F)c1F)N[C@@H](CO)C(=O)NCc1cccc(I)c1. The Hall–Kier alpha value is -2.54. The van der Waals surface area contributed by atoms with Crippen molar-refractivity contribution in [3.05, 3.63) is 74.1 Å². The molecule has 0 aliphatic carbocycles. The van der Waals surface area contributed by atoms with Gasteiger partial charge in [0.25, 0.3) is 0 Å². The highest BCUT2D eigenvalue weighted by Gasteiger charge is 2.24. The summed E-state index contributed by atoms with van der Waals surface area (Å²) in [4.78, 5) is 24.0. The number of rotatable bonds is 7. The molecule has 0 bridgehead atoms. The molecule has 0 radical (unpaired) electrons. The number of hydrogen-bond acceptors (Lipinski definition) is 3. The minimum atomic E-state index is -2.32. The van der Waals surface area contributed by atoms with Gasteiger partial charge in [-0.1, -0.05) is 12.1 Å². The molecule has 1 atom stereocenters. The van der Waals surface area contributed by atoms with Crippen LogP contribution in [0.5, 0.6) is 0 Å². The van der Waals surface area contributed by atoms with E-state index < -0.39 is 59.1 Å². The summed E-state index contributed by atoms with van der Waals surface area (Å²) >= 11 is 2.08. The van der Waals surface area contributed by atoms with E-state index in [-0.39, 0.29) is 6.54 Å². The number of nitrogens with one attached hydrogen (secondary N) is 2. The van der Waals surface area contributed by atoms with Gasteiger partial charge in [-0.05, 0) is 46.4 Å². The Bertz CT molecular complexity index is 971. The summed E-state index contributed by atoms with van der Waals surface area (Å²) in [6, 6.07) is 5.78. The lowest BCUT2D eigenvalue weighted by Gasteiger charge is -2.15. The Morgan fingerprint density at radius 3 is 2.20 bits per heavy atom. The predicted molar refractivity (Wildman–Crippen MR) is 105 cm³/mol. The van der Waals surface area contributed by atoms with Crippen LogP contribution >= 0.6 is 22.6 Å². The highest BCUT2D eigenvalue weighted by molar-refractivity contribution is 14.1. The first-order valence-corrected chi connectivity index (χ1v) is 9.36. The van der Waals surface area contributed by atoms with Gasteiger partial charge in [0, 0.05) is 16.2 Å². The van der Waals surface area contributed by atoms with Crippen molar-refractivity contribution in [1.29, 1.82) is 0 Å². The molecule has 11 heteroatoms.